The van der Waals surface area contributed by atoms with Crippen molar-refractivity contribution in [1.82, 2.24) is 4.57 Å². The predicted octanol–water partition coefficient (Wildman–Crippen LogP) is 4.58. The van der Waals surface area contributed by atoms with Crippen LogP contribution in [0.5, 0.6) is 11.5 Å². The zero-order valence-corrected chi connectivity index (χ0v) is 15.2. The van der Waals surface area contributed by atoms with Crippen LogP contribution in [0.2, 0.25) is 5.02 Å². The van der Waals surface area contributed by atoms with Crippen LogP contribution in [0.1, 0.15) is 6.92 Å². The summed E-state index contributed by atoms with van der Waals surface area (Å²) < 4.78 is 13.0. The number of pyridine rings is 1. The van der Waals surface area contributed by atoms with E-state index in [1.54, 1.807) is 41.1 Å². The minimum absolute atomic E-state index is 0.155. The topological polar surface area (TPSA) is 40.5 Å². The van der Waals surface area contributed by atoms with Crippen molar-refractivity contribution in [3.8, 4) is 17.2 Å². The van der Waals surface area contributed by atoms with E-state index in [4.69, 9.17) is 21.1 Å². The summed E-state index contributed by atoms with van der Waals surface area (Å²) in [6, 6.07) is 20.0. The number of para-hydroxylation sites is 1. The lowest BCUT2D eigenvalue weighted by atomic mass is 10.2. The van der Waals surface area contributed by atoms with Gasteiger partial charge in [-0.15, -0.1) is 0 Å². The van der Waals surface area contributed by atoms with Crippen LogP contribution in [0.25, 0.3) is 5.69 Å². The predicted molar refractivity (Wildman–Crippen MR) is 104 cm³/mol. The molecular formula is C21H20ClNO3. The van der Waals surface area contributed by atoms with Crippen molar-refractivity contribution in [2.24, 2.45) is 5.92 Å². The molecule has 0 aliphatic rings. The van der Waals surface area contributed by atoms with Crippen molar-refractivity contribution in [2.45, 2.75) is 6.92 Å². The average Bonchev–Trinajstić information content (AvgIpc) is 2.66. The molecule has 5 heteroatoms. The minimum atomic E-state index is -0.155. The third-order valence-corrected chi connectivity index (χ3v) is 4.06. The fourth-order valence-electron chi connectivity index (χ4n) is 2.41. The van der Waals surface area contributed by atoms with E-state index < -0.39 is 0 Å². The Morgan fingerprint density at radius 2 is 1.58 bits per heavy atom. The van der Waals surface area contributed by atoms with Gasteiger partial charge in [0.05, 0.1) is 13.2 Å². The van der Waals surface area contributed by atoms with E-state index in [2.05, 4.69) is 0 Å². The second-order valence-electron chi connectivity index (χ2n) is 6.09. The van der Waals surface area contributed by atoms with Crippen LogP contribution >= 0.6 is 11.6 Å². The van der Waals surface area contributed by atoms with Gasteiger partial charge in [-0.3, -0.25) is 9.36 Å². The molecule has 4 nitrogen and oxygen atoms in total. The van der Waals surface area contributed by atoms with Crippen LogP contribution in [0.15, 0.2) is 77.7 Å². The Hall–Kier alpha value is -2.72. The molecule has 0 aliphatic carbocycles. The fourth-order valence-corrected chi connectivity index (χ4v) is 2.53. The summed E-state index contributed by atoms with van der Waals surface area (Å²) in [7, 11) is 0. The van der Waals surface area contributed by atoms with Gasteiger partial charge in [-0.1, -0.05) is 36.7 Å². The maximum atomic E-state index is 12.3. The van der Waals surface area contributed by atoms with Crippen molar-refractivity contribution < 1.29 is 9.47 Å². The molecule has 0 saturated heterocycles. The van der Waals surface area contributed by atoms with Gasteiger partial charge in [0.25, 0.3) is 5.56 Å². The molecule has 0 N–H and O–H groups in total. The summed E-state index contributed by atoms with van der Waals surface area (Å²) in [5.41, 5.74) is 0.605. The van der Waals surface area contributed by atoms with Gasteiger partial charge < -0.3 is 9.47 Å². The molecule has 1 aromatic heterocycles. The highest BCUT2D eigenvalue weighted by Gasteiger charge is 2.07. The molecule has 3 aromatic rings. The number of benzene rings is 2. The molecule has 26 heavy (non-hydrogen) atoms. The molecular weight excluding hydrogens is 350 g/mol. The lowest BCUT2D eigenvalue weighted by molar-refractivity contribution is 0.188. The number of rotatable bonds is 7. The maximum absolute atomic E-state index is 12.3. The zero-order chi connectivity index (χ0) is 18.4. The Morgan fingerprint density at radius 3 is 2.23 bits per heavy atom. The van der Waals surface area contributed by atoms with Gasteiger partial charge >= 0.3 is 0 Å². The lowest BCUT2D eigenvalue weighted by Gasteiger charge is -2.14. The molecule has 0 unspecified atom stereocenters. The zero-order valence-electron chi connectivity index (χ0n) is 14.5. The molecule has 1 heterocycles. The number of nitrogens with zero attached hydrogens (tertiary/aromatic N) is 1. The number of ether oxygens (including phenoxy) is 2. The fraction of sp³-hybridized carbons (Fsp3) is 0.190. The highest BCUT2D eigenvalue weighted by atomic mass is 35.5. The molecule has 134 valence electrons. The Morgan fingerprint density at radius 1 is 0.923 bits per heavy atom. The smallest absolute Gasteiger partial charge is 0.258 e. The Labute approximate surface area is 157 Å². The average molecular weight is 370 g/mol. The Kier molecular flexibility index (Phi) is 5.97. The standard InChI is InChI=1S/C21H20ClNO3/c1-16(14-25-19-5-3-2-4-6-19)15-26-20-11-12-23(21(24)13-20)18-9-7-17(22)8-10-18/h2-13,16H,14-15H2,1H3/t16-/m1/s1. The van der Waals surface area contributed by atoms with Crippen LogP contribution < -0.4 is 15.0 Å². The number of aromatic nitrogens is 1. The normalized spacial score (nSPS) is 11.8. The van der Waals surface area contributed by atoms with Gasteiger partial charge in [0.1, 0.15) is 11.5 Å². The van der Waals surface area contributed by atoms with Crippen LogP contribution in [0.4, 0.5) is 0 Å². The third kappa shape index (κ3) is 4.90. The van der Waals surface area contributed by atoms with Crippen molar-refractivity contribution >= 4 is 11.6 Å². The minimum Gasteiger partial charge on any atom is -0.493 e. The summed E-state index contributed by atoms with van der Waals surface area (Å²) >= 11 is 5.88. The monoisotopic (exact) mass is 369 g/mol. The molecule has 0 amide bonds. The van der Waals surface area contributed by atoms with Crippen molar-refractivity contribution in [1.29, 1.82) is 0 Å². The van der Waals surface area contributed by atoms with Crippen LogP contribution in [-0.2, 0) is 0 Å². The molecule has 0 aliphatic heterocycles. The van der Waals surface area contributed by atoms with Gasteiger partial charge in [-0.2, -0.15) is 0 Å². The van der Waals surface area contributed by atoms with Gasteiger partial charge in [0.15, 0.2) is 0 Å². The van der Waals surface area contributed by atoms with Crippen molar-refractivity contribution in [3.63, 3.8) is 0 Å². The molecule has 0 spiro atoms. The van der Waals surface area contributed by atoms with Crippen LogP contribution in [0, 0.1) is 5.92 Å². The van der Waals surface area contributed by atoms with E-state index in [-0.39, 0.29) is 11.5 Å². The van der Waals surface area contributed by atoms with Crippen LogP contribution in [-0.4, -0.2) is 17.8 Å². The van der Waals surface area contributed by atoms with Gasteiger partial charge in [-0.25, -0.2) is 0 Å². The molecule has 2 aromatic carbocycles. The Balaban J connectivity index is 1.56. The first-order chi connectivity index (χ1) is 12.6. The molecule has 0 bridgehead atoms. The summed E-state index contributed by atoms with van der Waals surface area (Å²) in [5, 5.41) is 0.633. The largest absolute Gasteiger partial charge is 0.493 e. The number of hydrogen-bond acceptors (Lipinski definition) is 3. The summed E-state index contributed by atoms with van der Waals surface area (Å²) in [5.74, 6) is 1.57. The second kappa shape index (κ2) is 8.59. The van der Waals surface area contributed by atoms with E-state index in [0.29, 0.717) is 24.0 Å². The van der Waals surface area contributed by atoms with E-state index in [9.17, 15) is 4.79 Å². The highest BCUT2D eigenvalue weighted by molar-refractivity contribution is 6.30. The van der Waals surface area contributed by atoms with Crippen molar-refractivity contribution in [2.75, 3.05) is 13.2 Å². The first-order valence-electron chi connectivity index (χ1n) is 8.41. The van der Waals surface area contributed by atoms with E-state index in [1.165, 1.54) is 6.07 Å². The van der Waals surface area contributed by atoms with E-state index in [0.717, 1.165) is 11.4 Å². The van der Waals surface area contributed by atoms with Crippen molar-refractivity contribution in [3.05, 3.63) is 88.3 Å². The molecule has 0 radical (unpaired) electrons. The van der Waals surface area contributed by atoms with Gasteiger partial charge in [0, 0.05) is 28.9 Å². The molecule has 3 rings (SSSR count). The SMILES string of the molecule is C[C@H](COc1ccccc1)COc1ccn(-c2ccc(Cl)cc2)c(=O)c1. The molecule has 0 fully saturated rings. The van der Waals surface area contributed by atoms with Crippen LogP contribution in [0.3, 0.4) is 0 Å². The number of halogens is 1. The third-order valence-electron chi connectivity index (χ3n) is 3.81. The highest BCUT2D eigenvalue weighted by Crippen LogP contribution is 2.15. The first kappa shape index (κ1) is 18.1. The first-order valence-corrected chi connectivity index (χ1v) is 8.79. The molecule has 0 saturated carbocycles. The van der Waals surface area contributed by atoms with E-state index in [1.807, 2.05) is 37.3 Å². The number of hydrogen-bond donors (Lipinski definition) is 0. The van der Waals surface area contributed by atoms with Gasteiger partial charge in [-0.05, 0) is 42.5 Å². The Bertz CT molecular complexity index is 891. The van der Waals surface area contributed by atoms with E-state index >= 15 is 0 Å². The maximum Gasteiger partial charge on any atom is 0.258 e. The summed E-state index contributed by atoms with van der Waals surface area (Å²) in [6.07, 6.45) is 1.70. The summed E-state index contributed by atoms with van der Waals surface area (Å²) in [6.45, 7) is 3.06. The second-order valence-corrected chi connectivity index (χ2v) is 6.52. The summed E-state index contributed by atoms with van der Waals surface area (Å²) in [4.78, 5) is 12.3. The molecule has 1 atom stereocenters. The quantitative estimate of drug-likeness (QED) is 0.611. The van der Waals surface area contributed by atoms with Gasteiger partial charge in [0.2, 0.25) is 0 Å². The lowest BCUT2D eigenvalue weighted by Crippen LogP contribution is -2.19.